The molecule has 0 saturated carbocycles. The molecule has 3 amide bonds. The van der Waals surface area contributed by atoms with Gasteiger partial charge in [0.2, 0.25) is 11.8 Å². The molecule has 276 valence electrons. The summed E-state index contributed by atoms with van der Waals surface area (Å²) >= 11 is 0. The molecular weight excluding hydrogens is 662 g/mol. The summed E-state index contributed by atoms with van der Waals surface area (Å²) in [4.78, 5) is 53.9. The molecule has 52 heavy (non-hydrogen) atoms. The second-order valence-electron chi connectivity index (χ2n) is 12.7. The molecule has 0 aliphatic carbocycles. The van der Waals surface area contributed by atoms with Gasteiger partial charge in [-0.15, -0.1) is 13.2 Å². The fourth-order valence-corrected chi connectivity index (χ4v) is 5.99. The van der Waals surface area contributed by atoms with Gasteiger partial charge in [-0.05, 0) is 60.9 Å². The van der Waals surface area contributed by atoms with E-state index in [0.717, 1.165) is 16.7 Å². The number of amides is 3. The number of aliphatic hydroxyl groups excluding tert-OH is 1. The first kappa shape index (κ1) is 39.4. The van der Waals surface area contributed by atoms with E-state index in [1.54, 1.807) is 11.0 Å². The third-order valence-electron chi connectivity index (χ3n) is 8.74. The van der Waals surface area contributed by atoms with E-state index in [2.05, 4.69) is 23.8 Å². The second kappa shape index (κ2) is 21.1. The molecule has 1 saturated heterocycles. The monoisotopic (exact) mass is 711 g/mol. The van der Waals surface area contributed by atoms with E-state index in [9.17, 15) is 24.3 Å². The highest BCUT2D eigenvalue weighted by Gasteiger charge is 2.35. The van der Waals surface area contributed by atoms with E-state index in [0.29, 0.717) is 38.2 Å². The first-order valence-corrected chi connectivity index (χ1v) is 17.6. The molecule has 1 aliphatic rings. The molecule has 4 atom stereocenters. The molecule has 0 aromatic heterocycles. The maximum Gasteiger partial charge on any atom is 0.408 e. The van der Waals surface area contributed by atoms with Crippen LogP contribution in [0.2, 0.25) is 0 Å². The first-order chi connectivity index (χ1) is 25.3. The Labute approximate surface area is 305 Å². The van der Waals surface area contributed by atoms with E-state index >= 15 is 0 Å². The zero-order valence-corrected chi connectivity index (χ0v) is 29.5. The number of benzene rings is 3. The lowest BCUT2D eigenvalue weighted by Crippen LogP contribution is -2.46. The Hall–Kier alpha value is -5.42. The number of ether oxygens (including phenoxy) is 3. The van der Waals surface area contributed by atoms with Gasteiger partial charge in [0, 0.05) is 13.0 Å². The van der Waals surface area contributed by atoms with Crippen molar-refractivity contribution < 1.29 is 38.5 Å². The number of allylic oxidation sites excluding steroid dienone is 1. The van der Waals surface area contributed by atoms with E-state index in [1.807, 2.05) is 84.9 Å². The van der Waals surface area contributed by atoms with E-state index < -0.39 is 30.1 Å². The topological polar surface area (TPSA) is 143 Å². The van der Waals surface area contributed by atoms with Crippen molar-refractivity contribution in [3.05, 3.63) is 127 Å². The minimum atomic E-state index is -1.01. The van der Waals surface area contributed by atoms with Gasteiger partial charge >= 0.3 is 12.1 Å². The number of nitrogens with zero attached hydrogens (tertiary/aromatic N) is 1. The van der Waals surface area contributed by atoms with Gasteiger partial charge in [-0.25, -0.2) is 9.59 Å². The average molecular weight is 712 g/mol. The van der Waals surface area contributed by atoms with Crippen LogP contribution >= 0.6 is 0 Å². The summed E-state index contributed by atoms with van der Waals surface area (Å²) in [5.74, 6) is -1.22. The molecule has 1 heterocycles. The van der Waals surface area contributed by atoms with Crippen LogP contribution in [0.1, 0.15) is 48.8 Å². The van der Waals surface area contributed by atoms with Gasteiger partial charge in [0.25, 0.3) is 0 Å². The van der Waals surface area contributed by atoms with E-state index in [-0.39, 0.29) is 56.9 Å². The van der Waals surface area contributed by atoms with Crippen molar-refractivity contribution in [2.75, 3.05) is 19.8 Å². The smallest absolute Gasteiger partial charge is 0.408 e. The third-order valence-corrected chi connectivity index (χ3v) is 8.74. The average Bonchev–Trinajstić information content (AvgIpc) is 3.64. The molecule has 0 bridgehead atoms. The van der Waals surface area contributed by atoms with Crippen LogP contribution in [0.25, 0.3) is 0 Å². The van der Waals surface area contributed by atoms with Crippen molar-refractivity contribution in [1.82, 2.24) is 15.5 Å². The zero-order chi connectivity index (χ0) is 37.1. The highest BCUT2D eigenvalue weighted by Crippen LogP contribution is 2.24. The largest absolute Gasteiger partial charge is 0.489 e. The SMILES string of the molecule is C=CC[C@H](CC(=O)N[C@H](CO)Cc1ccc(OCc2ccccc2)cc1)C(=O)N1CCC[C@H]1COC(=O)[C@@H](CC=C)NC(=O)OCc1ccccc1. The van der Waals surface area contributed by atoms with Crippen molar-refractivity contribution in [2.45, 2.75) is 69.9 Å². The number of hydrogen-bond acceptors (Lipinski definition) is 8. The van der Waals surface area contributed by atoms with E-state index in [1.165, 1.54) is 6.08 Å². The predicted molar refractivity (Wildman–Crippen MR) is 197 cm³/mol. The molecule has 0 unspecified atom stereocenters. The van der Waals surface area contributed by atoms with Gasteiger partial charge in [0.15, 0.2) is 0 Å². The first-order valence-electron chi connectivity index (χ1n) is 17.6. The van der Waals surface area contributed by atoms with Crippen LogP contribution in [0.15, 0.2) is 110 Å². The summed E-state index contributed by atoms with van der Waals surface area (Å²) in [6, 6.07) is 24.6. The predicted octanol–water partition coefficient (Wildman–Crippen LogP) is 5.27. The van der Waals surface area contributed by atoms with Crippen LogP contribution in [-0.4, -0.2) is 71.8 Å². The van der Waals surface area contributed by atoms with E-state index in [4.69, 9.17) is 14.2 Å². The van der Waals surface area contributed by atoms with Crippen LogP contribution in [0.5, 0.6) is 5.75 Å². The Balaban J connectivity index is 1.25. The molecule has 0 spiro atoms. The molecule has 3 N–H and O–H groups in total. The highest BCUT2D eigenvalue weighted by atomic mass is 16.6. The number of hydrogen-bond donors (Lipinski definition) is 3. The minimum Gasteiger partial charge on any atom is -0.489 e. The number of carbonyl (C=O) groups is 4. The normalized spacial score (nSPS) is 15.4. The van der Waals surface area contributed by atoms with Gasteiger partial charge < -0.3 is 34.9 Å². The summed E-state index contributed by atoms with van der Waals surface area (Å²) in [7, 11) is 0. The summed E-state index contributed by atoms with van der Waals surface area (Å²) in [6.45, 7) is 8.07. The van der Waals surface area contributed by atoms with Gasteiger partial charge in [0.05, 0.1) is 24.6 Å². The fourth-order valence-electron chi connectivity index (χ4n) is 5.99. The number of carbonyl (C=O) groups excluding carboxylic acids is 4. The number of esters is 1. The Morgan fingerprint density at radius 3 is 2.12 bits per heavy atom. The van der Waals surface area contributed by atoms with Crippen molar-refractivity contribution in [2.24, 2.45) is 5.92 Å². The lowest BCUT2D eigenvalue weighted by Gasteiger charge is -2.29. The van der Waals surface area contributed by atoms with Crippen LogP contribution < -0.4 is 15.4 Å². The molecule has 4 rings (SSSR count). The third kappa shape index (κ3) is 12.7. The maximum atomic E-state index is 13.7. The summed E-state index contributed by atoms with van der Waals surface area (Å²) in [5.41, 5.74) is 2.78. The van der Waals surface area contributed by atoms with Crippen molar-refractivity contribution in [1.29, 1.82) is 0 Å². The number of rotatable bonds is 20. The Bertz CT molecular complexity index is 1600. The number of alkyl carbamates (subject to hydrolysis) is 1. The Morgan fingerprint density at radius 2 is 1.48 bits per heavy atom. The van der Waals surface area contributed by atoms with Crippen molar-refractivity contribution >= 4 is 23.9 Å². The molecular formula is C41H49N3O8. The fraction of sp³-hybridized carbons (Fsp3) is 0.366. The minimum absolute atomic E-state index is 0.0474. The lowest BCUT2D eigenvalue weighted by atomic mass is 9.98. The van der Waals surface area contributed by atoms with Gasteiger partial charge in [-0.2, -0.15) is 0 Å². The van der Waals surface area contributed by atoms with Crippen molar-refractivity contribution in [3.8, 4) is 5.75 Å². The summed E-state index contributed by atoms with van der Waals surface area (Å²) in [6.07, 6.45) is 4.39. The summed E-state index contributed by atoms with van der Waals surface area (Å²) in [5, 5.41) is 15.5. The highest BCUT2D eigenvalue weighted by molar-refractivity contribution is 5.86. The van der Waals surface area contributed by atoms with Crippen LogP contribution in [0.4, 0.5) is 4.79 Å². The van der Waals surface area contributed by atoms with Gasteiger partial charge in [-0.1, -0.05) is 84.9 Å². The standard InChI is InChI=1S/C41H49N3O8/c1-3-12-33(25-38(46)42-34(26-45)24-30-19-21-36(22-20-30)50-27-31-14-7-5-8-15-31)39(47)44-23-11-18-35(44)29-51-40(48)37(13-4-2)43-41(49)52-28-32-16-9-6-10-17-32/h3-10,14-17,19-22,33-35,37,45H,1-2,11-13,18,23-29H2,(H,42,46)(H,43,49)/t33-,34+,35+,37-/m1/s1. The van der Waals surface area contributed by atoms with Crippen LogP contribution in [-0.2, 0) is 43.5 Å². The molecule has 11 nitrogen and oxygen atoms in total. The summed E-state index contributed by atoms with van der Waals surface area (Å²) < 4.78 is 16.7. The van der Waals surface area contributed by atoms with Crippen LogP contribution in [0.3, 0.4) is 0 Å². The molecule has 3 aromatic rings. The van der Waals surface area contributed by atoms with Gasteiger partial charge in [0.1, 0.15) is 31.6 Å². The molecule has 11 heteroatoms. The number of nitrogens with one attached hydrogen (secondary N) is 2. The Kier molecular flexibility index (Phi) is 15.9. The lowest BCUT2D eigenvalue weighted by molar-refractivity contribution is -0.150. The van der Waals surface area contributed by atoms with Crippen molar-refractivity contribution in [3.63, 3.8) is 0 Å². The van der Waals surface area contributed by atoms with Crippen LogP contribution in [0, 0.1) is 5.92 Å². The molecule has 1 aliphatic heterocycles. The van der Waals surface area contributed by atoms with Gasteiger partial charge in [-0.3, -0.25) is 9.59 Å². The molecule has 1 fully saturated rings. The zero-order valence-electron chi connectivity index (χ0n) is 29.5. The second-order valence-corrected chi connectivity index (χ2v) is 12.7. The maximum absolute atomic E-state index is 13.7. The molecule has 0 radical (unpaired) electrons. The quantitative estimate of drug-likeness (QED) is 0.106. The number of likely N-dealkylation sites (tertiary alicyclic amines) is 1. The number of aliphatic hydroxyl groups is 1. The molecule has 3 aromatic carbocycles. The Morgan fingerprint density at radius 1 is 0.827 bits per heavy atom.